The summed E-state index contributed by atoms with van der Waals surface area (Å²) in [5, 5.41) is 3.70. The van der Waals surface area contributed by atoms with Gasteiger partial charge in [-0.3, -0.25) is 0 Å². The van der Waals surface area contributed by atoms with Gasteiger partial charge >= 0.3 is 0 Å². The minimum absolute atomic E-state index is 0.349. The van der Waals surface area contributed by atoms with E-state index >= 15 is 0 Å². The second-order valence-electron chi connectivity index (χ2n) is 13.6. The number of rotatable bonds is 6. The molecule has 0 fully saturated rings. The van der Waals surface area contributed by atoms with Crippen molar-refractivity contribution in [3.63, 3.8) is 0 Å². The molecule has 0 spiro atoms. The zero-order valence-electron chi connectivity index (χ0n) is 29.8. The first kappa shape index (κ1) is 31.8. The molecule has 5 heterocycles. The molecule has 0 saturated carbocycles. The van der Waals surface area contributed by atoms with E-state index < -0.39 is 0 Å². The van der Waals surface area contributed by atoms with E-state index in [1.807, 2.05) is 146 Å². The van der Waals surface area contributed by atoms with Gasteiger partial charge in [0, 0.05) is 43.8 Å². The Morgan fingerprint density at radius 1 is 0.339 bits per heavy atom. The smallest absolute Gasteiger partial charge is 0.164 e. The third-order valence-corrected chi connectivity index (χ3v) is 10.1. The first-order valence-electron chi connectivity index (χ1n) is 18.3. The number of H-pyrrole nitrogens is 2. The number of aromatic amines is 2. The van der Waals surface area contributed by atoms with Gasteiger partial charge in [-0.2, -0.15) is 0 Å². The molecule has 0 aliphatic carbocycles. The highest BCUT2D eigenvalue weighted by Crippen LogP contribution is 2.43. The normalized spacial score (nSPS) is 11.7. The second-order valence-corrected chi connectivity index (χ2v) is 13.6. The predicted octanol–water partition coefficient (Wildman–Crippen LogP) is 10.0. The van der Waals surface area contributed by atoms with Crippen LogP contribution in [0.15, 0.2) is 146 Å². The van der Waals surface area contributed by atoms with Crippen molar-refractivity contribution in [1.82, 2.24) is 39.9 Å². The molecule has 11 rings (SSSR count). The fourth-order valence-corrected chi connectivity index (χ4v) is 7.34. The zero-order chi connectivity index (χ0) is 37.0. The molecule has 2 aliphatic rings. The highest BCUT2D eigenvalue weighted by molar-refractivity contribution is 6.07. The van der Waals surface area contributed by atoms with Crippen LogP contribution in [0.25, 0.3) is 89.7 Å². The van der Waals surface area contributed by atoms with Crippen LogP contribution >= 0.6 is 0 Å². The molecule has 56 heavy (non-hydrogen) atoms. The minimum atomic E-state index is 0.349. The van der Waals surface area contributed by atoms with E-state index in [2.05, 4.69) is 9.97 Å². The van der Waals surface area contributed by atoms with Crippen molar-refractivity contribution >= 4 is 44.1 Å². The summed E-state index contributed by atoms with van der Waals surface area (Å²) in [6.07, 6.45) is 0. The lowest BCUT2D eigenvalue weighted by Gasteiger charge is -2.15. The molecule has 10 nitrogen and oxygen atoms in total. The average molecular weight is 727 g/mol. The topological polar surface area (TPSA) is 127 Å². The van der Waals surface area contributed by atoms with Crippen LogP contribution in [0.2, 0.25) is 0 Å². The molecule has 0 amide bonds. The molecule has 0 saturated heterocycles. The highest BCUT2D eigenvalue weighted by atomic mass is 16.5. The number of fused-ring (bicyclic) bond motifs is 20. The Balaban J connectivity index is 1.19. The molecule has 8 bridgehead atoms. The Kier molecular flexibility index (Phi) is 7.37. The molecule has 266 valence electrons. The molecular formula is C46H30N8O2. The molecule has 0 atom stereocenters. The van der Waals surface area contributed by atoms with Crippen LogP contribution in [0.5, 0.6) is 11.5 Å². The van der Waals surface area contributed by atoms with Crippen molar-refractivity contribution in [1.29, 1.82) is 0 Å². The van der Waals surface area contributed by atoms with Gasteiger partial charge in [-0.1, -0.05) is 133 Å². The van der Waals surface area contributed by atoms with Gasteiger partial charge in [0.05, 0.1) is 0 Å². The molecule has 6 aromatic carbocycles. The van der Waals surface area contributed by atoms with Crippen molar-refractivity contribution in [2.45, 2.75) is 13.2 Å². The Hall–Kier alpha value is -7.72. The monoisotopic (exact) mass is 726 g/mol. The second kappa shape index (κ2) is 13.0. The first-order chi connectivity index (χ1) is 27.7. The van der Waals surface area contributed by atoms with Crippen LogP contribution in [0.3, 0.4) is 0 Å². The van der Waals surface area contributed by atoms with Gasteiger partial charge in [0.15, 0.2) is 34.8 Å². The third kappa shape index (κ3) is 5.51. The summed E-state index contributed by atoms with van der Waals surface area (Å²) < 4.78 is 13.0. The van der Waals surface area contributed by atoms with E-state index in [1.54, 1.807) is 0 Å². The van der Waals surface area contributed by atoms with Crippen molar-refractivity contribution < 1.29 is 9.47 Å². The predicted molar refractivity (Wildman–Crippen MR) is 218 cm³/mol. The van der Waals surface area contributed by atoms with Gasteiger partial charge in [-0.05, 0) is 23.3 Å². The maximum atomic E-state index is 6.51. The third-order valence-electron chi connectivity index (χ3n) is 10.1. The number of benzene rings is 6. The van der Waals surface area contributed by atoms with E-state index in [4.69, 9.17) is 39.4 Å². The Bertz CT molecular complexity index is 3160. The van der Waals surface area contributed by atoms with E-state index in [1.165, 1.54) is 0 Å². The van der Waals surface area contributed by atoms with Gasteiger partial charge in [0.2, 0.25) is 0 Å². The molecule has 9 aromatic rings. The summed E-state index contributed by atoms with van der Waals surface area (Å²) in [6, 6.07) is 48.2. The summed E-state index contributed by atoms with van der Waals surface area (Å²) in [6.45, 7) is 0.699. The van der Waals surface area contributed by atoms with Crippen LogP contribution in [0.1, 0.15) is 11.1 Å². The largest absolute Gasteiger partial charge is 0.485 e. The van der Waals surface area contributed by atoms with E-state index in [0.29, 0.717) is 70.6 Å². The molecular weight excluding hydrogens is 697 g/mol. The summed E-state index contributed by atoms with van der Waals surface area (Å²) in [7, 11) is 0. The van der Waals surface area contributed by atoms with Crippen LogP contribution in [-0.4, -0.2) is 39.9 Å². The Morgan fingerprint density at radius 3 is 1.12 bits per heavy atom. The standard InChI is InChI=1S/C46H30N8O2/c1-3-13-27(14-4-1)25-55-37-23-35-36(24-38(37)56-26-28-15-5-2-6-16-28)46-53-44-34-22-12-10-20-32(34)42(51-44)49-40-30-18-8-7-17-29(30)39(47-40)48-41-31-19-9-11-21-33(31)43(50-41)52-45(35)54-46/h1-24H,25-26H2,(H2,47,48,49,50,51,52,53,54). The lowest BCUT2D eigenvalue weighted by atomic mass is 10.1. The van der Waals surface area contributed by atoms with Crippen molar-refractivity contribution in [3.05, 3.63) is 157 Å². The number of hydrogen-bond donors (Lipinski definition) is 2. The molecule has 0 unspecified atom stereocenters. The van der Waals surface area contributed by atoms with Crippen LogP contribution in [-0.2, 0) is 13.2 Å². The minimum Gasteiger partial charge on any atom is -0.485 e. The van der Waals surface area contributed by atoms with E-state index in [9.17, 15) is 0 Å². The van der Waals surface area contributed by atoms with Crippen molar-refractivity contribution in [3.8, 4) is 57.1 Å². The fourth-order valence-electron chi connectivity index (χ4n) is 7.34. The lowest BCUT2D eigenvalue weighted by molar-refractivity contribution is 0.256. The van der Waals surface area contributed by atoms with E-state index in [-0.39, 0.29) is 0 Å². The number of hydrogen-bond acceptors (Lipinski definition) is 8. The fraction of sp³-hybridized carbons (Fsp3) is 0.0435. The maximum Gasteiger partial charge on any atom is 0.164 e. The molecule has 10 heteroatoms. The van der Waals surface area contributed by atoms with Crippen LogP contribution in [0.4, 0.5) is 0 Å². The van der Waals surface area contributed by atoms with Gasteiger partial charge < -0.3 is 19.4 Å². The van der Waals surface area contributed by atoms with Gasteiger partial charge in [0.1, 0.15) is 35.8 Å². The number of nitrogens with one attached hydrogen (secondary N) is 2. The van der Waals surface area contributed by atoms with E-state index in [0.717, 1.165) is 54.9 Å². The lowest BCUT2D eigenvalue weighted by Crippen LogP contribution is -2.01. The Labute approximate surface area is 319 Å². The maximum absolute atomic E-state index is 6.51. The first-order valence-corrected chi connectivity index (χ1v) is 18.3. The SMILES string of the molecule is c1ccc(COc2cc3c(cc2OCc2ccccc2)-c2nc-3nc3nc(nc4[nH]c(nc5[nH]c(n2)c2ccccc52)c2ccccc42)-c2ccccc2-3)cc1. The van der Waals surface area contributed by atoms with Crippen LogP contribution < -0.4 is 9.47 Å². The molecule has 2 aliphatic heterocycles. The summed E-state index contributed by atoms with van der Waals surface area (Å²) in [5.74, 6) is 3.10. The van der Waals surface area contributed by atoms with Gasteiger partial charge in [0.25, 0.3) is 0 Å². The van der Waals surface area contributed by atoms with Crippen LogP contribution in [0, 0.1) is 0 Å². The molecule has 3 aromatic heterocycles. The van der Waals surface area contributed by atoms with Gasteiger partial charge in [-0.15, -0.1) is 0 Å². The zero-order valence-corrected chi connectivity index (χ0v) is 29.8. The van der Waals surface area contributed by atoms with Gasteiger partial charge in [-0.25, -0.2) is 29.9 Å². The van der Waals surface area contributed by atoms with Crippen molar-refractivity contribution in [2.75, 3.05) is 0 Å². The quantitative estimate of drug-likeness (QED) is 0.173. The average Bonchev–Trinajstić information content (AvgIpc) is 3.98. The highest BCUT2D eigenvalue weighted by Gasteiger charge is 2.26. The summed E-state index contributed by atoms with van der Waals surface area (Å²) in [4.78, 5) is 37.7. The number of ether oxygens (including phenoxy) is 2. The Morgan fingerprint density at radius 2 is 0.679 bits per heavy atom. The number of aromatic nitrogens is 8. The summed E-state index contributed by atoms with van der Waals surface area (Å²) >= 11 is 0. The summed E-state index contributed by atoms with van der Waals surface area (Å²) in [5.41, 5.74) is 7.90. The van der Waals surface area contributed by atoms with Crippen molar-refractivity contribution in [2.24, 2.45) is 0 Å². The molecule has 2 N–H and O–H groups in total. The number of nitrogens with zero attached hydrogens (tertiary/aromatic N) is 6. The molecule has 0 radical (unpaired) electrons.